The summed E-state index contributed by atoms with van der Waals surface area (Å²) in [5, 5.41) is 5.89. The lowest BCUT2D eigenvalue weighted by molar-refractivity contribution is 0.0949. The quantitative estimate of drug-likeness (QED) is 0.834. The second kappa shape index (κ2) is 6.21. The number of sulfone groups is 1. The van der Waals surface area contributed by atoms with Crippen molar-refractivity contribution in [2.24, 2.45) is 5.92 Å². The number of hydrogen-bond acceptors (Lipinski definition) is 5. The van der Waals surface area contributed by atoms with E-state index in [1.807, 2.05) is 6.92 Å². The van der Waals surface area contributed by atoms with E-state index in [2.05, 4.69) is 15.6 Å². The number of carbonyl (C=O) groups is 1. The maximum absolute atomic E-state index is 12.1. The summed E-state index contributed by atoms with van der Waals surface area (Å²) in [4.78, 5) is 16.1. The Morgan fingerprint density at radius 3 is 2.95 bits per heavy atom. The zero-order valence-corrected chi connectivity index (χ0v) is 12.2. The first-order valence-corrected chi connectivity index (χ1v) is 8.50. The van der Waals surface area contributed by atoms with Gasteiger partial charge in [-0.15, -0.1) is 0 Å². The third-order valence-corrected chi connectivity index (χ3v) is 5.15. The fraction of sp³-hybridized carbons (Fsp3) is 0.538. The maximum atomic E-state index is 12.1. The van der Waals surface area contributed by atoms with Gasteiger partial charge in [0, 0.05) is 19.3 Å². The average molecular weight is 297 g/mol. The number of nitrogens with one attached hydrogen (secondary N) is 2. The number of rotatable bonds is 5. The van der Waals surface area contributed by atoms with Gasteiger partial charge in [-0.1, -0.05) is 0 Å². The summed E-state index contributed by atoms with van der Waals surface area (Å²) in [6.45, 7) is 3.04. The van der Waals surface area contributed by atoms with Crippen molar-refractivity contribution in [3.8, 4) is 0 Å². The summed E-state index contributed by atoms with van der Waals surface area (Å²) < 4.78 is 22.7. The van der Waals surface area contributed by atoms with Crippen LogP contribution in [0.4, 0.5) is 5.69 Å². The average Bonchev–Trinajstić information content (AvgIpc) is 2.77. The number of anilines is 1. The molecule has 1 saturated heterocycles. The Bertz CT molecular complexity index is 586. The van der Waals surface area contributed by atoms with Crippen LogP contribution in [0.1, 0.15) is 23.7 Å². The molecule has 6 nitrogen and oxygen atoms in total. The predicted octanol–water partition coefficient (Wildman–Crippen LogP) is 0.678. The van der Waals surface area contributed by atoms with E-state index in [-0.39, 0.29) is 23.3 Å². The molecule has 2 N–H and O–H groups in total. The second-order valence-electron chi connectivity index (χ2n) is 4.93. The van der Waals surface area contributed by atoms with Crippen LogP contribution in [0, 0.1) is 5.92 Å². The number of carbonyl (C=O) groups excluding carboxylic acids is 1. The Morgan fingerprint density at radius 2 is 2.30 bits per heavy atom. The Hall–Kier alpha value is -1.63. The molecule has 0 spiro atoms. The minimum Gasteiger partial charge on any atom is -0.383 e. The Labute approximate surface area is 118 Å². The van der Waals surface area contributed by atoms with Crippen molar-refractivity contribution in [3.05, 3.63) is 24.0 Å². The highest BCUT2D eigenvalue weighted by molar-refractivity contribution is 7.91. The van der Waals surface area contributed by atoms with Crippen molar-refractivity contribution >= 4 is 21.4 Å². The van der Waals surface area contributed by atoms with Gasteiger partial charge < -0.3 is 10.6 Å². The van der Waals surface area contributed by atoms with Crippen LogP contribution in [-0.4, -0.2) is 43.9 Å². The molecule has 1 aromatic rings. The summed E-state index contributed by atoms with van der Waals surface area (Å²) in [5.41, 5.74) is 1.22. The highest BCUT2D eigenvalue weighted by Gasteiger charge is 2.28. The first kappa shape index (κ1) is 14.8. The van der Waals surface area contributed by atoms with Crippen LogP contribution in [0.15, 0.2) is 18.5 Å². The lowest BCUT2D eigenvalue weighted by Gasteiger charge is -2.12. The van der Waals surface area contributed by atoms with Crippen LogP contribution in [0.2, 0.25) is 0 Å². The molecule has 1 aliphatic heterocycles. The lowest BCUT2D eigenvalue weighted by Crippen LogP contribution is -2.30. The van der Waals surface area contributed by atoms with Gasteiger partial charge in [-0.05, 0) is 25.3 Å². The number of nitrogens with zero attached hydrogens (tertiary/aromatic N) is 1. The molecule has 7 heteroatoms. The van der Waals surface area contributed by atoms with Crippen LogP contribution in [-0.2, 0) is 9.84 Å². The van der Waals surface area contributed by atoms with Crippen LogP contribution in [0.3, 0.4) is 0 Å². The van der Waals surface area contributed by atoms with Gasteiger partial charge in [0.2, 0.25) is 0 Å². The molecule has 0 radical (unpaired) electrons. The van der Waals surface area contributed by atoms with E-state index in [0.29, 0.717) is 30.8 Å². The van der Waals surface area contributed by atoms with Crippen LogP contribution >= 0.6 is 0 Å². The van der Waals surface area contributed by atoms with Gasteiger partial charge in [0.15, 0.2) is 9.84 Å². The molecule has 1 aromatic heterocycles. The first-order chi connectivity index (χ1) is 9.52. The van der Waals surface area contributed by atoms with Crippen LogP contribution in [0.5, 0.6) is 0 Å². The Kier molecular flexibility index (Phi) is 4.59. The SMILES string of the molecule is CCNc1cnccc1C(=O)NCC1CCS(=O)(=O)C1. The minimum absolute atomic E-state index is 0.0216. The van der Waals surface area contributed by atoms with Gasteiger partial charge in [0.05, 0.1) is 29.0 Å². The van der Waals surface area contributed by atoms with Gasteiger partial charge >= 0.3 is 0 Å². The van der Waals surface area contributed by atoms with E-state index >= 15 is 0 Å². The molecule has 0 aliphatic carbocycles. The molecule has 110 valence electrons. The minimum atomic E-state index is -2.90. The molecule has 1 atom stereocenters. The molecule has 1 amide bonds. The highest BCUT2D eigenvalue weighted by Crippen LogP contribution is 2.18. The van der Waals surface area contributed by atoms with E-state index < -0.39 is 9.84 Å². The summed E-state index contributed by atoms with van der Waals surface area (Å²) in [7, 11) is -2.90. The molecule has 2 rings (SSSR count). The largest absolute Gasteiger partial charge is 0.383 e. The van der Waals surface area contributed by atoms with Crippen molar-refractivity contribution in [1.29, 1.82) is 0 Å². The summed E-state index contributed by atoms with van der Waals surface area (Å²) >= 11 is 0. The predicted molar refractivity (Wildman–Crippen MR) is 77.5 cm³/mol. The summed E-state index contributed by atoms with van der Waals surface area (Å²) in [6, 6.07) is 1.65. The molecule has 0 bridgehead atoms. The van der Waals surface area contributed by atoms with Crippen molar-refractivity contribution in [2.75, 3.05) is 29.9 Å². The normalized spacial score (nSPS) is 20.6. The topological polar surface area (TPSA) is 88.2 Å². The molecule has 1 unspecified atom stereocenters. The standard InChI is InChI=1S/C13H19N3O3S/c1-2-15-12-8-14-5-3-11(12)13(17)16-7-10-4-6-20(18,19)9-10/h3,5,8,10,15H,2,4,6-7,9H2,1H3,(H,16,17). The third-order valence-electron chi connectivity index (χ3n) is 3.31. The molecular formula is C13H19N3O3S. The van der Waals surface area contributed by atoms with Gasteiger partial charge in [-0.2, -0.15) is 0 Å². The summed E-state index contributed by atoms with van der Waals surface area (Å²) in [5.74, 6) is 0.218. The lowest BCUT2D eigenvalue weighted by atomic mass is 10.1. The maximum Gasteiger partial charge on any atom is 0.253 e. The third kappa shape index (κ3) is 3.69. The van der Waals surface area contributed by atoms with Crippen molar-refractivity contribution in [1.82, 2.24) is 10.3 Å². The second-order valence-corrected chi connectivity index (χ2v) is 7.16. The molecule has 0 aromatic carbocycles. The van der Waals surface area contributed by atoms with Gasteiger partial charge in [0.1, 0.15) is 0 Å². The van der Waals surface area contributed by atoms with Crippen molar-refractivity contribution in [3.63, 3.8) is 0 Å². The first-order valence-electron chi connectivity index (χ1n) is 6.68. The van der Waals surface area contributed by atoms with Gasteiger partial charge in [0.25, 0.3) is 5.91 Å². The van der Waals surface area contributed by atoms with E-state index in [1.54, 1.807) is 18.5 Å². The highest BCUT2D eigenvalue weighted by atomic mass is 32.2. The zero-order chi connectivity index (χ0) is 14.6. The van der Waals surface area contributed by atoms with Crippen molar-refractivity contribution < 1.29 is 13.2 Å². The zero-order valence-electron chi connectivity index (χ0n) is 11.4. The Balaban J connectivity index is 1.95. The molecular weight excluding hydrogens is 278 g/mol. The molecule has 1 aliphatic rings. The fourth-order valence-electron chi connectivity index (χ4n) is 2.29. The Morgan fingerprint density at radius 1 is 1.50 bits per heavy atom. The van der Waals surface area contributed by atoms with E-state index in [9.17, 15) is 13.2 Å². The van der Waals surface area contributed by atoms with E-state index in [1.165, 1.54) is 0 Å². The number of amides is 1. The number of hydrogen-bond donors (Lipinski definition) is 2. The molecule has 2 heterocycles. The van der Waals surface area contributed by atoms with E-state index in [4.69, 9.17) is 0 Å². The molecule has 20 heavy (non-hydrogen) atoms. The van der Waals surface area contributed by atoms with Gasteiger partial charge in [-0.3, -0.25) is 9.78 Å². The molecule has 0 saturated carbocycles. The number of pyridine rings is 1. The summed E-state index contributed by atoms with van der Waals surface area (Å²) in [6.07, 6.45) is 3.80. The number of aromatic nitrogens is 1. The van der Waals surface area contributed by atoms with Crippen LogP contribution in [0.25, 0.3) is 0 Å². The monoisotopic (exact) mass is 297 g/mol. The smallest absolute Gasteiger partial charge is 0.253 e. The van der Waals surface area contributed by atoms with Crippen LogP contribution < -0.4 is 10.6 Å². The fourth-order valence-corrected chi connectivity index (χ4v) is 4.15. The van der Waals surface area contributed by atoms with E-state index in [0.717, 1.165) is 0 Å². The molecule has 1 fully saturated rings. The van der Waals surface area contributed by atoms with Gasteiger partial charge in [-0.25, -0.2) is 8.42 Å². The van der Waals surface area contributed by atoms with Crippen molar-refractivity contribution in [2.45, 2.75) is 13.3 Å².